The Labute approximate surface area is 163 Å². The topological polar surface area (TPSA) is 61.9 Å². The molecule has 0 aromatic heterocycles. The normalized spacial score (nSPS) is 33.7. The summed E-state index contributed by atoms with van der Waals surface area (Å²) in [4.78, 5) is 29.7. The van der Waals surface area contributed by atoms with E-state index in [0.717, 1.165) is 44.9 Å². The van der Waals surface area contributed by atoms with Gasteiger partial charge in [-0.25, -0.2) is 0 Å². The number of nitrogens with one attached hydrogen (secondary N) is 1. The largest absolute Gasteiger partial charge is 0.376 e. The van der Waals surface area contributed by atoms with E-state index in [-0.39, 0.29) is 18.1 Å². The van der Waals surface area contributed by atoms with Gasteiger partial charge >= 0.3 is 0 Å². The van der Waals surface area contributed by atoms with E-state index in [1.807, 2.05) is 18.7 Å². The maximum absolute atomic E-state index is 12.8. The van der Waals surface area contributed by atoms with Gasteiger partial charge in [0, 0.05) is 50.6 Å². The number of carbonyl (C=O) groups excluding carboxylic acids is 2. The first-order valence-corrected chi connectivity index (χ1v) is 10.9. The molecule has 3 saturated heterocycles. The van der Waals surface area contributed by atoms with Gasteiger partial charge in [0.2, 0.25) is 11.8 Å². The molecule has 3 aliphatic heterocycles. The number of ether oxygens (including phenoxy) is 1. The zero-order chi connectivity index (χ0) is 19.0. The van der Waals surface area contributed by atoms with Crippen molar-refractivity contribution < 1.29 is 14.3 Å². The molecule has 4 fully saturated rings. The van der Waals surface area contributed by atoms with Gasteiger partial charge in [0.1, 0.15) is 0 Å². The summed E-state index contributed by atoms with van der Waals surface area (Å²) in [5.41, 5.74) is 0. The SMILES string of the molecule is CC(C)NC(=O)C[C@@H]1OC[C@@H]2[C@H]1[C@H](CC(=O)N1CCCC1)CN2CC1CC1. The Hall–Kier alpha value is -1.14. The molecule has 27 heavy (non-hydrogen) atoms. The molecule has 6 nitrogen and oxygen atoms in total. The highest BCUT2D eigenvalue weighted by Gasteiger charge is 2.52. The van der Waals surface area contributed by atoms with Crippen molar-refractivity contribution >= 4 is 11.8 Å². The molecule has 0 aromatic rings. The third-order valence-electron chi connectivity index (χ3n) is 6.76. The highest BCUT2D eigenvalue weighted by molar-refractivity contribution is 5.77. The second kappa shape index (κ2) is 8.08. The van der Waals surface area contributed by atoms with Crippen molar-refractivity contribution in [2.24, 2.45) is 17.8 Å². The number of likely N-dealkylation sites (tertiary alicyclic amines) is 2. The van der Waals surface area contributed by atoms with E-state index in [4.69, 9.17) is 4.74 Å². The number of hydrogen-bond donors (Lipinski definition) is 1. The molecule has 0 spiro atoms. The summed E-state index contributed by atoms with van der Waals surface area (Å²) >= 11 is 0. The van der Waals surface area contributed by atoms with Gasteiger partial charge in [-0.1, -0.05) is 0 Å². The van der Waals surface area contributed by atoms with E-state index < -0.39 is 0 Å². The van der Waals surface area contributed by atoms with Crippen LogP contribution in [-0.2, 0) is 14.3 Å². The molecule has 0 radical (unpaired) electrons. The number of amides is 2. The molecule has 0 aromatic carbocycles. The van der Waals surface area contributed by atoms with Crippen LogP contribution in [0.1, 0.15) is 52.4 Å². The van der Waals surface area contributed by atoms with Gasteiger partial charge in [0.15, 0.2) is 0 Å². The van der Waals surface area contributed by atoms with Crippen LogP contribution in [0.5, 0.6) is 0 Å². The fourth-order valence-corrected chi connectivity index (χ4v) is 5.34. The molecule has 1 saturated carbocycles. The first-order chi connectivity index (χ1) is 13.0. The Kier molecular flexibility index (Phi) is 5.74. The molecule has 152 valence electrons. The maximum atomic E-state index is 12.8. The first kappa shape index (κ1) is 19.2. The molecular formula is C21H35N3O3. The Balaban J connectivity index is 1.42. The van der Waals surface area contributed by atoms with Crippen molar-refractivity contribution in [1.29, 1.82) is 0 Å². The predicted octanol–water partition coefficient (Wildman–Crippen LogP) is 1.64. The minimum absolute atomic E-state index is 0.0469. The summed E-state index contributed by atoms with van der Waals surface area (Å²) in [6.07, 6.45) is 5.95. The Bertz CT molecular complexity index is 557. The lowest BCUT2D eigenvalue weighted by Gasteiger charge is -2.25. The van der Waals surface area contributed by atoms with E-state index >= 15 is 0 Å². The molecule has 4 atom stereocenters. The number of hydrogen-bond acceptors (Lipinski definition) is 4. The summed E-state index contributed by atoms with van der Waals surface area (Å²) in [7, 11) is 0. The third kappa shape index (κ3) is 4.48. The highest BCUT2D eigenvalue weighted by Crippen LogP contribution is 2.43. The quantitative estimate of drug-likeness (QED) is 0.733. The fraction of sp³-hybridized carbons (Fsp3) is 0.905. The Morgan fingerprint density at radius 3 is 2.56 bits per heavy atom. The van der Waals surface area contributed by atoms with Crippen molar-refractivity contribution in [3.05, 3.63) is 0 Å². The molecule has 6 heteroatoms. The molecule has 4 aliphatic rings. The number of nitrogens with zero attached hydrogens (tertiary/aromatic N) is 2. The van der Waals surface area contributed by atoms with Gasteiger partial charge in [-0.15, -0.1) is 0 Å². The van der Waals surface area contributed by atoms with Crippen LogP contribution in [0, 0.1) is 17.8 Å². The van der Waals surface area contributed by atoms with Crippen LogP contribution >= 0.6 is 0 Å². The van der Waals surface area contributed by atoms with Crippen LogP contribution in [0.3, 0.4) is 0 Å². The highest BCUT2D eigenvalue weighted by atomic mass is 16.5. The number of rotatable bonds is 7. The summed E-state index contributed by atoms with van der Waals surface area (Å²) in [6, 6.07) is 0.538. The standard InChI is InChI=1S/C21H35N3O3/c1-14(2)22-19(25)10-18-21-16(9-20(26)23-7-3-4-8-23)12-24(11-15-5-6-15)17(21)13-27-18/h14-18,21H,3-13H2,1-2H3,(H,22,25)/t16-,17-,18+,21-/m1/s1. The average molecular weight is 378 g/mol. The Morgan fingerprint density at radius 2 is 1.89 bits per heavy atom. The van der Waals surface area contributed by atoms with Crippen molar-refractivity contribution in [1.82, 2.24) is 15.1 Å². The average Bonchev–Trinajstić information content (AvgIpc) is 3.00. The minimum atomic E-state index is -0.0469. The summed E-state index contributed by atoms with van der Waals surface area (Å²) in [5.74, 6) is 1.85. The zero-order valence-electron chi connectivity index (χ0n) is 16.9. The molecule has 0 unspecified atom stereocenters. The maximum Gasteiger partial charge on any atom is 0.222 e. The lowest BCUT2D eigenvalue weighted by molar-refractivity contribution is -0.131. The van der Waals surface area contributed by atoms with Gasteiger partial charge in [0.05, 0.1) is 19.1 Å². The van der Waals surface area contributed by atoms with E-state index in [2.05, 4.69) is 10.2 Å². The lowest BCUT2D eigenvalue weighted by atomic mass is 9.84. The van der Waals surface area contributed by atoms with Gasteiger partial charge in [-0.3, -0.25) is 14.5 Å². The van der Waals surface area contributed by atoms with Crippen molar-refractivity contribution in [2.45, 2.75) is 70.6 Å². The molecule has 1 aliphatic carbocycles. The van der Waals surface area contributed by atoms with Crippen LogP contribution in [0.25, 0.3) is 0 Å². The molecular weight excluding hydrogens is 342 g/mol. The second-order valence-corrected chi connectivity index (χ2v) is 9.39. The summed E-state index contributed by atoms with van der Waals surface area (Å²) in [5, 5.41) is 3.00. The summed E-state index contributed by atoms with van der Waals surface area (Å²) < 4.78 is 6.11. The number of carbonyl (C=O) groups is 2. The third-order valence-corrected chi connectivity index (χ3v) is 6.76. The van der Waals surface area contributed by atoms with Gasteiger partial charge < -0.3 is 15.0 Å². The van der Waals surface area contributed by atoms with Gasteiger partial charge in [0.25, 0.3) is 0 Å². The minimum Gasteiger partial charge on any atom is -0.376 e. The van der Waals surface area contributed by atoms with E-state index in [1.165, 1.54) is 12.8 Å². The summed E-state index contributed by atoms with van der Waals surface area (Å²) in [6.45, 7) is 8.66. The predicted molar refractivity (Wildman–Crippen MR) is 103 cm³/mol. The second-order valence-electron chi connectivity index (χ2n) is 9.39. The van der Waals surface area contributed by atoms with E-state index in [1.54, 1.807) is 0 Å². The zero-order valence-corrected chi connectivity index (χ0v) is 16.9. The van der Waals surface area contributed by atoms with E-state index in [9.17, 15) is 9.59 Å². The van der Waals surface area contributed by atoms with Crippen LogP contribution < -0.4 is 5.32 Å². The van der Waals surface area contributed by atoms with E-state index in [0.29, 0.717) is 43.2 Å². The smallest absolute Gasteiger partial charge is 0.222 e. The molecule has 0 bridgehead atoms. The van der Waals surface area contributed by atoms with Crippen LogP contribution in [-0.4, -0.2) is 72.6 Å². The molecule has 3 heterocycles. The van der Waals surface area contributed by atoms with Crippen molar-refractivity contribution in [3.63, 3.8) is 0 Å². The van der Waals surface area contributed by atoms with Crippen LogP contribution in [0.4, 0.5) is 0 Å². The van der Waals surface area contributed by atoms with Gasteiger partial charge in [-0.05, 0) is 51.4 Å². The number of fused-ring (bicyclic) bond motifs is 1. The first-order valence-electron chi connectivity index (χ1n) is 10.9. The van der Waals surface area contributed by atoms with Crippen LogP contribution in [0.2, 0.25) is 0 Å². The van der Waals surface area contributed by atoms with Crippen molar-refractivity contribution in [2.75, 3.05) is 32.8 Å². The monoisotopic (exact) mass is 377 g/mol. The Morgan fingerprint density at radius 1 is 1.15 bits per heavy atom. The molecule has 2 amide bonds. The van der Waals surface area contributed by atoms with Crippen LogP contribution in [0.15, 0.2) is 0 Å². The van der Waals surface area contributed by atoms with Crippen molar-refractivity contribution in [3.8, 4) is 0 Å². The fourth-order valence-electron chi connectivity index (χ4n) is 5.34. The molecule has 4 rings (SSSR count). The lowest BCUT2D eigenvalue weighted by Crippen LogP contribution is -2.38. The molecule has 1 N–H and O–H groups in total. The van der Waals surface area contributed by atoms with Gasteiger partial charge in [-0.2, -0.15) is 0 Å².